The fourth-order valence-electron chi connectivity index (χ4n) is 0.733. The molecule has 0 amide bonds. The van der Waals surface area contributed by atoms with Crippen molar-refractivity contribution in [2.24, 2.45) is 5.16 Å². The molecule has 0 bridgehead atoms. The third-order valence-corrected chi connectivity index (χ3v) is 1.29. The lowest BCUT2D eigenvalue weighted by Crippen LogP contribution is -2.02. The van der Waals surface area contributed by atoms with Crippen LogP contribution in [0.1, 0.15) is 5.56 Å². The van der Waals surface area contributed by atoms with Crippen molar-refractivity contribution in [2.45, 2.75) is 0 Å². The van der Waals surface area contributed by atoms with E-state index in [1.807, 2.05) is 0 Å². The molecule has 0 fully saturated rings. The summed E-state index contributed by atoms with van der Waals surface area (Å²) >= 11 is 0. The molecule has 5 heteroatoms. The average molecular weight is 169 g/mol. The Balaban J connectivity index is 2.96. The number of phenols is 1. The Kier molecular flexibility index (Phi) is 2.49. The maximum atomic E-state index is 8.88. The molecule has 64 valence electrons. The Morgan fingerprint density at radius 1 is 1.25 bits per heavy atom. The van der Waals surface area contributed by atoms with Gasteiger partial charge in [-0.25, -0.2) is 5.26 Å². The van der Waals surface area contributed by atoms with Crippen molar-refractivity contribution >= 4 is 5.90 Å². The third kappa shape index (κ3) is 1.64. The van der Waals surface area contributed by atoms with Crippen molar-refractivity contribution in [1.29, 1.82) is 0 Å². The molecule has 0 saturated carbocycles. The van der Waals surface area contributed by atoms with Gasteiger partial charge in [0.15, 0.2) is 0 Å². The molecule has 1 rings (SSSR count). The smallest absolute Gasteiger partial charge is 0.297 e. The quantitative estimate of drug-likeness (QED) is 0.193. The molecule has 0 spiro atoms. The van der Waals surface area contributed by atoms with E-state index in [-0.39, 0.29) is 11.6 Å². The van der Waals surface area contributed by atoms with Crippen LogP contribution in [-0.2, 0) is 4.89 Å². The van der Waals surface area contributed by atoms with Crippen LogP contribution in [0.3, 0.4) is 0 Å². The molecule has 0 radical (unpaired) electrons. The van der Waals surface area contributed by atoms with Crippen molar-refractivity contribution in [3.05, 3.63) is 29.8 Å². The highest BCUT2D eigenvalue weighted by Crippen LogP contribution is 2.10. The summed E-state index contributed by atoms with van der Waals surface area (Å²) in [6.07, 6.45) is 0. The van der Waals surface area contributed by atoms with Crippen LogP contribution in [0.2, 0.25) is 0 Å². The Hall–Kier alpha value is -1.75. The summed E-state index contributed by atoms with van der Waals surface area (Å²) in [4.78, 5) is 3.74. The van der Waals surface area contributed by atoms with Crippen LogP contribution in [0.15, 0.2) is 29.4 Å². The monoisotopic (exact) mass is 169 g/mol. The Morgan fingerprint density at radius 3 is 2.25 bits per heavy atom. The standard InChI is InChI=1S/C7H7NO4/c9-6-3-1-5(2-4-6)7(8-10)12-11/h1-4,9-11H. The van der Waals surface area contributed by atoms with E-state index in [1.54, 1.807) is 0 Å². The predicted octanol–water partition coefficient (Wildman–Crippen LogP) is 1.02. The summed E-state index contributed by atoms with van der Waals surface area (Å²) in [7, 11) is 0. The number of oxime groups is 1. The van der Waals surface area contributed by atoms with Gasteiger partial charge < -0.3 is 15.2 Å². The summed E-state index contributed by atoms with van der Waals surface area (Å²) in [6, 6.07) is 5.61. The first-order valence-corrected chi connectivity index (χ1v) is 3.11. The molecule has 1 aromatic rings. The van der Waals surface area contributed by atoms with E-state index in [9.17, 15) is 0 Å². The number of hydrogen-bond acceptors (Lipinski definition) is 5. The second-order valence-electron chi connectivity index (χ2n) is 2.04. The highest BCUT2D eigenvalue weighted by atomic mass is 17.1. The van der Waals surface area contributed by atoms with E-state index in [1.165, 1.54) is 24.3 Å². The maximum absolute atomic E-state index is 8.88. The topological polar surface area (TPSA) is 82.3 Å². The average Bonchev–Trinajstić information content (AvgIpc) is 2.10. The van der Waals surface area contributed by atoms with Crippen LogP contribution in [0.25, 0.3) is 0 Å². The van der Waals surface area contributed by atoms with Gasteiger partial charge in [-0.05, 0) is 29.4 Å². The van der Waals surface area contributed by atoms with E-state index in [4.69, 9.17) is 15.6 Å². The zero-order chi connectivity index (χ0) is 8.97. The van der Waals surface area contributed by atoms with Gasteiger partial charge in [-0.1, -0.05) is 0 Å². The van der Waals surface area contributed by atoms with Gasteiger partial charge in [0.2, 0.25) is 0 Å². The van der Waals surface area contributed by atoms with Crippen molar-refractivity contribution in [2.75, 3.05) is 0 Å². The van der Waals surface area contributed by atoms with E-state index < -0.39 is 0 Å². The van der Waals surface area contributed by atoms with E-state index in [2.05, 4.69) is 10.0 Å². The molecule has 1 aromatic carbocycles. The summed E-state index contributed by atoms with van der Waals surface area (Å²) in [5.74, 6) is -0.246. The second kappa shape index (κ2) is 3.59. The van der Waals surface area contributed by atoms with Crippen molar-refractivity contribution in [3.8, 4) is 5.75 Å². The zero-order valence-electron chi connectivity index (χ0n) is 6.01. The second-order valence-corrected chi connectivity index (χ2v) is 2.04. The summed E-state index contributed by atoms with van der Waals surface area (Å²) in [5, 5.41) is 28.0. The Bertz CT molecular complexity index is 280. The molecule has 0 saturated heterocycles. The fourth-order valence-corrected chi connectivity index (χ4v) is 0.733. The van der Waals surface area contributed by atoms with Gasteiger partial charge in [0.1, 0.15) is 5.75 Å². The van der Waals surface area contributed by atoms with Gasteiger partial charge in [-0.2, -0.15) is 0 Å². The predicted molar refractivity (Wildman–Crippen MR) is 40.1 cm³/mol. The molecule has 0 aliphatic heterocycles. The fraction of sp³-hybridized carbons (Fsp3) is 0. The Morgan fingerprint density at radius 2 is 1.83 bits per heavy atom. The van der Waals surface area contributed by atoms with Gasteiger partial charge in [-0.3, -0.25) is 0 Å². The van der Waals surface area contributed by atoms with Crippen molar-refractivity contribution < 1.29 is 20.5 Å². The minimum atomic E-state index is -0.324. The van der Waals surface area contributed by atoms with Gasteiger partial charge in [0.25, 0.3) is 5.90 Å². The molecular formula is C7H7NO4. The molecule has 0 heterocycles. The molecule has 0 atom stereocenters. The normalized spacial score (nSPS) is 11.2. The number of hydrogen-bond donors (Lipinski definition) is 3. The first-order chi connectivity index (χ1) is 5.77. The summed E-state index contributed by atoms with van der Waals surface area (Å²) < 4.78 is 0. The van der Waals surface area contributed by atoms with Crippen LogP contribution in [0.4, 0.5) is 0 Å². The van der Waals surface area contributed by atoms with Crippen LogP contribution < -0.4 is 0 Å². The zero-order valence-corrected chi connectivity index (χ0v) is 6.01. The molecule has 0 unspecified atom stereocenters. The van der Waals surface area contributed by atoms with Crippen molar-refractivity contribution in [3.63, 3.8) is 0 Å². The van der Waals surface area contributed by atoms with Crippen LogP contribution in [0.5, 0.6) is 5.75 Å². The lowest BCUT2D eigenvalue weighted by molar-refractivity contribution is -0.156. The highest BCUT2D eigenvalue weighted by molar-refractivity contribution is 5.93. The SMILES string of the molecule is ON=C(OO)c1ccc(O)cc1. The van der Waals surface area contributed by atoms with Crippen LogP contribution in [0, 0.1) is 0 Å². The molecule has 5 nitrogen and oxygen atoms in total. The molecule has 3 N–H and O–H groups in total. The molecule has 0 aliphatic carbocycles. The van der Waals surface area contributed by atoms with Crippen molar-refractivity contribution in [1.82, 2.24) is 0 Å². The van der Waals surface area contributed by atoms with E-state index >= 15 is 0 Å². The van der Waals surface area contributed by atoms with Gasteiger partial charge in [0, 0.05) is 5.56 Å². The lowest BCUT2D eigenvalue weighted by Gasteiger charge is -1.98. The largest absolute Gasteiger partial charge is 0.508 e. The first-order valence-electron chi connectivity index (χ1n) is 3.11. The summed E-state index contributed by atoms with van der Waals surface area (Å²) in [6.45, 7) is 0. The van der Waals surface area contributed by atoms with Crippen LogP contribution in [-0.4, -0.2) is 21.5 Å². The van der Waals surface area contributed by atoms with Gasteiger partial charge in [-0.15, -0.1) is 0 Å². The lowest BCUT2D eigenvalue weighted by atomic mass is 10.2. The Labute approximate surface area is 68.1 Å². The van der Waals surface area contributed by atoms with Gasteiger partial charge >= 0.3 is 0 Å². The molecular weight excluding hydrogens is 162 g/mol. The molecule has 12 heavy (non-hydrogen) atoms. The first kappa shape index (κ1) is 8.35. The summed E-state index contributed by atoms with van der Waals surface area (Å²) in [5.41, 5.74) is 0.359. The maximum Gasteiger partial charge on any atom is 0.297 e. The number of rotatable bonds is 1. The van der Waals surface area contributed by atoms with E-state index in [0.29, 0.717) is 5.56 Å². The minimum Gasteiger partial charge on any atom is -0.508 e. The third-order valence-electron chi connectivity index (χ3n) is 1.29. The highest BCUT2D eigenvalue weighted by Gasteiger charge is 2.04. The molecule has 0 aliphatic rings. The number of benzene rings is 1. The number of aromatic hydroxyl groups is 1. The molecule has 0 aromatic heterocycles. The van der Waals surface area contributed by atoms with E-state index in [0.717, 1.165) is 0 Å². The number of phenolic OH excluding ortho intramolecular Hbond substituents is 1. The minimum absolute atomic E-state index is 0.0778. The van der Waals surface area contributed by atoms with Gasteiger partial charge in [0.05, 0.1) is 0 Å². The number of nitrogens with zero attached hydrogens (tertiary/aromatic N) is 1. The van der Waals surface area contributed by atoms with Crippen LogP contribution >= 0.6 is 0 Å².